The van der Waals surface area contributed by atoms with Crippen LogP contribution in [0.4, 0.5) is 0 Å². The highest BCUT2D eigenvalue weighted by atomic mass is 35.5. The van der Waals surface area contributed by atoms with Gasteiger partial charge in [0.15, 0.2) is 0 Å². The molecule has 0 aliphatic carbocycles. The van der Waals surface area contributed by atoms with Crippen LogP contribution < -0.4 is 5.32 Å². The second-order valence-electron chi connectivity index (χ2n) is 9.92. The minimum Gasteiger partial charge on any atom is -0.481 e. The van der Waals surface area contributed by atoms with Crippen molar-refractivity contribution in [3.05, 3.63) is 69.7 Å². The number of amides is 1. The lowest BCUT2D eigenvalue weighted by molar-refractivity contribution is -0.148. The van der Waals surface area contributed by atoms with Crippen LogP contribution in [0.3, 0.4) is 0 Å². The monoisotopic (exact) mass is 491 g/mol. The van der Waals surface area contributed by atoms with Crippen molar-refractivity contribution in [2.75, 3.05) is 0 Å². The molecule has 2 aromatic rings. The van der Waals surface area contributed by atoms with Crippen molar-refractivity contribution >= 4 is 35.1 Å². The number of aryl methyl sites for hydroxylation is 1. The topological polar surface area (TPSA) is 86.6 Å². The lowest BCUT2D eigenvalue weighted by Gasteiger charge is -2.48. The molecule has 1 aliphatic heterocycles. The maximum Gasteiger partial charge on any atom is 0.304 e. The lowest BCUT2D eigenvalue weighted by Crippen LogP contribution is -2.59. The Morgan fingerprint density at radius 2 is 1.85 bits per heavy atom. The first-order valence-corrected chi connectivity index (χ1v) is 11.9. The number of nitrogens with one attached hydrogen (secondary N) is 1. The summed E-state index contributed by atoms with van der Waals surface area (Å²) in [6.07, 6.45) is 1.42. The molecule has 4 atom stereocenters. The van der Waals surface area contributed by atoms with Crippen LogP contribution >= 0.6 is 23.2 Å². The van der Waals surface area contributed by atoms with E-state index in [4.69, 9.17) is 23.2 Å². The molecule has 1 heterocycles. The molecular formula is C26H31Cl2NO4. The van der Waals surface area contributed by atoms with E-state index in [0.717, 1.165) is 11.1 Å². The number of carboxylic acids is 1. The molecular weight excluding hydrogens is 461 g/mol. The summed E-state index contributed by atoms with van der Waals surface area (Å²) >= 11 is 12.3. The first-order valence-electron chi connectivity index (χ1n) is 11.1. The van der Waals surface area contributed by atoms with E-state index in [1.165, 1.54) is 0 Å². The third kappa shape index (κ3) is 6.28. The summed E-state index contributed by atoms with van der Waals surface area (Å²) < 4.78 is 0. The molecule has 0 bridgehead atoms. The van der Waals surface area contributed by atoms with Gasteiger partial charge in [0, 0.05) is 27.9 Å². The normalized spacial score (nSPS) is 24.2. The van der Waals surface area contributed by atoms with Gasteiger partial charge in [-0.3, -0.25) is 9.59 Å². The summed E-state index contributed by atoms with van der Waals surface area (Å²) in [5.74, 6) is -1.80. The van der Waals surface area contributed by atoms with Gasteiger partial charge >= 0.3 is 5.97 Å². The van der Waals surface area contributed by atoms with Gasteiger partial charge < -0.3 is 15.5 Å². The van der Waals surface area contributed by atoms with E-state index in [0.29, 0.717) is 29.3 Å². The molecule has 0 aromatic heterocycles. The lowest BCUT2D eigenvalue weighted by atomic mass is 9.64. The van der Waals surface area contributed by atoms with E-state index in [2.05, 4.69) is 5.32 Å². The summed E-state index contributed by atoms with van der Waals surface area (Å²) in [5.41, 5.74) is -0.132. The molecule has 3 rings (SSSR count). The summed E-state index contributed by atoms with van der Waals surface area (Å²) in [5, 5.41) is 24.9. The summed E-state index contributed by atoms with van der Waals surface area (Å²) in [6, 6.07) is 14.7. The Kier molecular flexibility index (Phi) is 7.77. The molecule has 5 nitrogen and oxygen atoms in total. The summed E-state index contributed by atoms with van der Waals surface area (Å²) in [4.78, 5) is 24.7. The maximum absolute atomic E-state index is 13.2. The number of piperidine rings is 1. The molecule has 33 heavy (non-hydrogen) atoms. The highest BCUT2D eigenvalue weighted by molar-refractivity contribution is 6.30. The molecule has 3 N–H and O–H groups in total. The maximum atomic E-state index is 13.2. The predicted octanol–water partition coefficient (Wildman–Crippen LogP) is 5.47. The summed E-state index contributed by atoms with van der Waals surface area (Å²) in [7, 11) is 0. The molecule has 4 unspecified atom stereocenters. The van der Waals surface area contributed by atoms with E-state index < -0.39 is 17.0 Å². The molecule has 0 saturated carbocycles. The smallest absolute Gasteiger partial charge is 0.304 e. The number of carbonyl (C=O) groups excluding carboxylic acids is 1. The van der Waals surface area contributed by atoms with Crippen LogP contribution in [0.25, 0.3) is 0 Å². The zero-order chi connectivity index (χ0) is 24.4. The number of aliphatic carboxylic acids is 1. The predicted molar refractivity (Wildman–Crippen MR) is 131 cm³/mol. The second kappa shape index (κ2) is 10.0. The van der Waals surface area contributed by atoms with Crippen LogP contribution in [-0.2, 0) is 16.0 Å². The Labute approximate surface area is 205 Å². The number of hydrogen-bond donors (Lipinski definition) is 3. The largest absolute Gasteiger partial charge is 0.481 e. The Balaban J connectivity index is 1.97. The Hall–Kier alpha value is -2.08. The van der Waals surface area contributed by atoms with Crippen LogP contribution in [0.1, 0.15) is 57.1 Å². The zero-order valence-corrected chi connectivity index (χ0v) is 20.7. The standard InChI is InChI=1S/C26H31Cl2NO4/c1-25(2,33)21(12-9-16-7-10-18(27)11-8-16)23-20(17-5-4-6-19(28)13-17)14-26(3,15-22(30)31)24(32)29-23/h4-8,10-11,13,20-21,23,33H,9,12,14-15H2,1-3H3,(H,29,32)(H,30,31). The molecule has 1 saturated heterocycles. The van der Waals surface area contributed by atoms with Crippen LogP contribution in [0.5, 0.6) is 0 Å². The van der Waals surface area contributed by atoms with E-state index >= 15 is 0 Å². The number of benzene rings is 2. The number of rotatable bonds is 8. The fourth-order valence-corrected chi connectivity index (χ4v) is 5.33. The van der Waals surface area contributed by atoms with Crippen molar-refractivity contribution in [3.8, 4) is 0 Å². The van der Waals surface area contributed by atoms with Gasteiger partial charge in [0.1, 0.15) is 0 Å². The Morgan fingerprint density at radius 3 is 2.42 bits per heavy atom. The molecule has 0 spiro atoms. The number of halogens is 2. The second-order valence-corrected chi connectivity index (χ2v) is 10.8. The molecule has 178 valence electrons. The van der Waals surface area contributed by atoms with Crippen LogP contribution in [0.2, 0.25) is 10.0 Å². The van der Waals surface area contributed by atoms with Crippen molar-refractivity contribution in [2.45, 2.75) is 64.0 Å². The Bertz CT molecular complexity index is 1000. The quantitative estimate of drug-likeness (QED) is 0.457. The van der Waals surface area contributed by atoms with E-state index in [1.807, 2.05) is 42.5 Å². The highest BCUT2D eigenvalue weighted by Crippen LogP contribution is 2.45. The van der Waals surface area contributed by atoms with Crippen molar-refractivity contribution in [2.24, 2.45) is 11.3 Å². The van der Waals surface area contributed by atoms with Crippen LogP contribution in [0.15, 0.2) is 48.5 Å². The fourth-order valence-electron chi connectivity index (χ4n) is 5.01. The molecule has 2 aromatic carbocycles. The number of hydrogen-bond acceptors (Lipinski definition) is 3. The van der Waals surface area contributed by atoms with E-state index in [-0.39, 0.29) is 30.2 Å². The fraction of sp³-hybridized carbons (Fsp3) is 0.462. The molecule has 0 radical (unpaired) electrons. The zero-order valence-electron chi connectivity index (χ0n) is 19.1. The minimum absolute atomic E-state index is 0.201. The van der Waals surface area contributed by atoms with Gasteiger partial charge in [-0.25, -0.2) is 0 Å². The first kappa shape index (κ1) is 25.5. The number of aliphatic hydroxyl groups is 1. The third-order valence-corrected chi connectivity index (χ3v) is 7.25. The van der Waals surface area contributed by atoms with Crippen molar-refractivity contribution < 1.29 is 19.8 Å². The van der Waals surface area contributed by atoms with Gasteiger partial charge in [-0.15, -0.1) is 0 Å². The molecule has 1 fully saturated rings. The summed E-state index contributed by atoms with van der Waals surface area (Å²) in [6.45, 7) is 5.20. The van der Waals surface area contributed by atoms with Gasteiger partial charge in [0.25, 0.3) is 0 Å². The van der Waals surface area contributed by atoms with Gasteiger partial charge in [0.2, 0.25) is 5.91 Å². The average Bonchev–Trinajstić information content (AvgIpc) is 2.70. The number of carboxylic acid groups (broad SMARTS) is 1. The van der Waals surface area contributed by atoms with E-state index in [9.17, 15) is 19.8 Å². The van der Waals surface area contributed by atoms with Gasteiger partial charge in [-0.1, -0.05) is 54.4 Å². The van der Waals surface area contributed by atoms with Crippen molar-refractivity contribution in [1.29, 1.82) is 0 Å². The first-order chi connectivity index (χ1) is 15.4. The average molecular weight is 492 g/mol. The minimum atomic E-state index is -1.08. The van der Waals surface area contributed by atoms with Crippen LogP contribution in [-0.4, -0.2) is 33.7 Å². The van der Waals surface area contributed by atoms with Crippen molar-refractivity contribution in [1.82, 2.24) is 5.32 Å². The highest BCUT2D eigenvalue weighted by Gasteiger charge is 2.50. The Morgan fingerprint density at radius 1 is 1.18 bits per heavy atom. The van der Waals surface area contributed by atoms with E-state index in [1.54, 1.807) is 26.8 Å². The van der Waals surface area contributed by atoms with Crippen LogP contribution in [0, 0.1) is 11.3 Å². The molecule has 1 amide bonds. The number of carbonyl (C=O) groups is 2. The van der Waals surface area contributed by atoms with Gasteiger partial charge in [-0.05, 0) is 68.5 Å². The van der Waals surface area contributed by atoms with Gasteiger partial charge in [0.05, 0.1) is 17.4 Å². The van der Waals surface area contributed by atoms with Gasteiger partial charge in [-0.2, -0.15) is 0 Å². The third-order valence-electron chi connectivity index (χ3n) is 6.77. The molecule has 7 heteroatoms. The SMILES string of the molecule is CC1(CC(=O)O)CC(c2cccc(Cl)c2)C(C(CCc2ccc(Cl)cc2)C(C)(C)O)NC1=O. The molecule has 1 aliphatic rings. The van der Waals surface area contributed by atoms with Crippen molar-refractivity contribution in [3.63, 3.8) is 0 Å².